The molecule has 0 spiro atoms. The summed E-state index contributed by atoms with van der Waals surface area (Å²) in [6, 6.07) is 5.30. The number of benzene rings is 1. The van der Waals surface area contributed by atoms with Gasteiger partial charge in [0.1, 0.15) is 11.6 Å². The summed E-state index contributed by atoms with van der Waals surface area (Å²) < 4.78 is 10.6. The number of carbonyl (C=O) groups is 1. The molecule has 2 aromatic rings. The maximum atomic E-state index is 11.7. The van der Waals surface area contributed by atoms with E-state index in [0.717, 1.165) is 0 Å². The number of nitro groups is 1. The van der Waals surface area contributed by atoms with Gasteiger partial charge in [-0.1, -0.05) is 5.10 Å². The molecule has 2 N–H and O–H groups in total. The summed E-state index contributed by atoms with van der Waals surface area (Å²) in [6.45, 7) is 6.95. The molecular formula is C15H19N5O5. The van der Waals surface area contributed by atoms with Crippen LogP contribution >= 0.6 is 0 Å². The van der Waals surface area contributed by atoms with E-state index in [-0.39, 0.29) is 17.6 Å². The number of nitro benzene ring substituents is 1. The number of amides is 1. The van der Waals surface area contributed by atoms with Crippen molar-refractivity contribution in [3.05, 3.63) is 40.3 Å². The van der Waals surface area contributed by atoms with Crippen molar-refractivity contribution >= 4 is 23.5 Å². The molecule has 0 unspecified atom stereocenters. The molecule has 0 fully saturated rings. The van der Waals surface area contributed by atoms with Crippen molar-refractivity contribution in [1.82, 2.24) is 15.5 Å². The predicted molar refractivity (Wildman–Crippen MR) is 88.5 cm³/mol. The number of nitrogens with zero attached hydrogens (tertiary/aromatic N) is 3. The lowest BCUT2D eigenvalue weighted by atomic mass is 10.2. The summed E-state index contributed by atoms with van der Waals surface area (Å²) in [7, 11) is 0. The standard InChI is InChI=1S/C15H19N5O5/c1-9(16-14(21)25-15(2,3)4)12-18-19-13(24-12)17-10-5-7-11(8-6-10)20(22)23/h5-9H,1-4H3,(H,16,21)(H,17,19)/t9-/m0/s1. The van der Waals surface area contributed by atoms with Gasteiger partial charge in [-0.3, -0.25) is 10.1 Å². The van der Waals surface area contributed by atoms with Gasteiger partial charge in [0.15, 0.2) is 0 Å². The molecule has 2 rings (SSSR count). The van der Waals surface area contributed by atoms with Crippen molar-refractivity contribution < 1.29 is 18.9 Å². The first kappa shape index (κ1) is 18.2. The van der Waals surface area contributed by atoms with E-state index >= 15 is 0 Å². The molecule has 1 atom stereocenters. The number of anilines is 2. The summed E-state index contributed by atoms with van der Waals surface area (Å²) in [4.78, 5) is 21.9. The van der Waals surface area contributed by atoms with Crippen LogP contribution in [0.25, 0.3) is 0 Å². The fourth-order valence-electron chi connectivity index (χ4n) is 1.80. The summed E-state index contributed by atoms with van der Waals surface area (Å²) >= 11 is 0. The minimum atomic E-state index is -0.610. The Labute approximate surface area is 143 Å². The first-order valence-corrected chi connectivity index (χ1v) is 7.48. The van der Waals surface area contributed by atoms with Crippen molar-refractivity contribution in [2.75, 3.05) is 5.32 Å². The quantitative estimate of drug-likeness (QED) is 0.620. The van der Waals surface area contributed by atoms with Crippen LogP contribution < -0.4 is 10.6 Å². The molecule has 25 heavy (non-hydrogen) atoms. The fourth-order valence-corrected chi connectivity index (χ4v) is 1.80. The van der Waals surface area contributed by atoms with E-state index in [1.165, 1.54) is 24.3 Å². The maximum Gasteiger partial charge on any atom is 0.408 e. The van der Waals surface area contributed by atoms with E-state index < -0.39 is 22.7 Å². The van der Waals surface area contributed by atoms with Gasteiger partial charge in [-0.25, -0.2) is 4.79 Å². The van der Waals surface area contributed by atoms with Gasteiger partial charge < -0.3 is 19.8 Å². The average Bonchev–Trinajstić information content (AvgIpc) is 2.94. The van der Waals surface area contributed by atoms with E-state index in [9.17, 15) is 14.9 Å². The van der Waals surface area contributed by atoms with Gasteiger partial charge in [-0.2, -0.15) is 0 Å². The molecule has 1 aromatic carbocycles. The molecule has 0 radical (unpaired) electrons. The lowest BCUT2D eigenvalue weighted by Crippen LogP contribution is -2.34. The van der Waals surface area contributed by atoms with Crippen LogP contribution in [0.5, 0.6) is 0 Å². The number of alkyl carbamates (subject to hydrolysis) is 1. The maximum absolute atomic E-state index is 11.7. The zero-order valence-electron chi connectivity index (χ0n) is 14.3. The molecule has 10 heteroatoms. The molecule has 1 aromatic heterocycles. The smallest absolute Gasteiger partial charge is 0.408 e. The summed E-state index contributed by atoms with van der Waals surface area (Å²) in [6.07, 6.45) is -0.594. The zero-order chi connectivity index (χ0) is 18.6. The van der Waals surface area contributed by atoms with Crippen LogP contribution in [0, 0.1) is 10.1 Å². The highest BCUT2D eigenvalue weighted by Gasteiger charge is 2.21. The summed E-state index contributed by atoms with van der Waals surface area (Å²) in [5.41, 5.74) is -0.0816. The number of hydrogen-bond donors (Lipinski definition) is 2. The van der Waals surface area contributed by atoms with Crippen molar-refractivity contribution in [2.45, 2.75) is 39.3 Å². The highest BCUT2D eigenvalue weighted by molar-refractivity contribution is 5.68. The van der Waals surface area contributed by atoms with E-state index in [1.54, 1.807) is 27.7 Å². The minimum Gasteiger partial charge on any atom is -0.444 e. The minimum absolute atomic E-state index is 0.0213. The monoisotopic (exact) mass is 349 g/mol. The topological polar surface area (TPSA) is 132 Å². The third-order valence-corrected chi connectivity index (χ3v) is 2.87. The van der Waals surface area contributed by atoms with Gasteiger partial charge in [0.25, 0.3) is 5.69 Å². The van der Waals surface area contributed by atoms with E-state index in [0.29, 0.717) is 5.69 Å². The Morgan fingerprint density at radius 2 is 1.92 bits per heavy atom. The van der Waals surface area contributed by atoms with E-state index in [4.69, 9.17) is 9.15 Å². The Morgan fingerprint density at radius 3 is 2.48 bits per heavy atom. The molecule has 0 aliphatic carbocycles. The molecule has 1 heterocycles. The Balaban J connectivity index is 1.97. The second-order valence-electron chi connectivity index (χ2n) is 6.24. The third kappa shape index (κ3) is 5.44. The molecule has 0 saturated heterocycles. The van der Waals surface area contributed by atoms with Crippen molar-refractivity contribution in [3.8, 4) is 0 Å². The lowest BCUT2D eigenvalue weighted by molar-refractivity contribution is -0.384. The van der Waals surface area contributed by atoms with Gasteiger partial charge >= 0.3 is 12.1 Å². The predicted octanol–water partition coefficient (Wildman–Crippen LogP) is 3.31. The molecular weight excluding hydrogens is 330 g/mol. The summed E-state index contributed by atoms with van der Waals surface area (Å²) in [5.74, 6) is 0.190. The molecule has 10 nitrogen and oxygen atoms in total. The molecule has 1 amide bonds. The molecule has 0 bridgehead atoms. The van der Waals surface area contributed by atoms with Crippen molar-refractivity contribution in [3.63, 3.8) is 0 Å². The SMILES string of the molecule is C[C@H](NC(=O)OC(C)(C)C)c1nnc(Nc2ccc([N+](=O)[O-])cc2)o1. The fraction of sp³-hybridized carbons (Fsp3) is 0.400. The van der Waals surface area contributed by atoms with Crippen LogP contribution in [0.15, 0.2) is 28.7 Å². The van der Waals surface area contributed by atoms with Gasteiger partial charge in [0.2, 0.25) is 5.89 Å². The molecule has 0 saturated carbocycles. The van der Waals surface area contributed by atoms with Gasteiger partial charge in [0.05, 0.1) is 4.92 Å². The highest BCUT2D eigenvalue weighted by atomic mass is 16.6. The number of hydrogen-bond acceptors (Lipinski definition) is 8. The van der Waals surface area contributed by atoms with Crippen LogP contribution in [0.2, 0.25) is 0 Å². The third-order valence-electron chi connectivity index (χ3n) is 2.87. The van der Waals surface area contributed by atoms with Crippen LogP contribution in [0.1, 0.15) is 39.6 Å². The zero-order valence-corrected chi connectivity index (χ0v) is 14.3. The van der Waals surface area contributed by atoms with Crippen molar-refractivity contribution in [2.24, 2.45) is 0 Å². The first-order chi connectivity index (χ1) is 11.6. The normalized spacial score (nSPS) is 12.3. The average molecular weight is 349 g/mol. The molecule has 134 valence electrons. The number of ether oxygens (including phenoxy) is 1. The Morgan fingerprint density at radius 1 is 1.28 bits per heavy atom. The molecule has 0 aliphatic rings. The van der Waals surface area contributed by atoms with Crippen molar-refractivity contribution in [1.29, 1.82) is 0 Å². The van der Waals surface area contributed by atoms with E-state index in [2.05, 4.69) is 20.8 Å². The lowest BCUT2D eigenvalue weighted by Gasteiger charge is -2.20. The molecule has 0 aliphatic heterocycles. The van der Waals surface area contributed by atoms with E-state index in [1.807, 2.05) is 0 Å². The Hall–Kier alpha value is -3.17. The Kier molecular flexibility index (Phi) is 5.20. The van der Waals surface area contributed by atoms with Gasteiger partial charge in [-0.05, 0) is 39.8 Å². The second kappa shape index (κ2) is 7.16. The number of rotatable bonds is 5. The summed E-state index contributed by atoms with van der Waals surface area (Å²) in [5, 5.41) is 23.7. The van der Waals surface area contributed by atoms with Crippen LogP contribution in [-0.4, -0.2) is 26.8 Å². The first-order valence-electron chi connectivity index (χ1n) is 7.48. The number of non-ortho nitro benzene ring substituents is 1. The highest BCUT2D eigenvalue weighted by Crippen LogP contribution is 2.21. The Bertz CT molecular complexity index is 750. The van der Waals surface area contributed by atoms with Crippen LogP contribution in [-0.2, 0) is 4.74 Å². The number of aromatic nitrogens is 2. The van der Waals surface area contributed by atoms with Gasteiger partial charge in [0, 0.05) is 17.8 Å². The van der Waals surface area contributed by atoms with Gasteiger partial charge in [-0.15, -0.1) is 5.10 Å². The largest absolute Gasteiger partial charge is 0.444 e. The second-order valence-corrected chi connectivity index (χ2v) is 6.24. The van der Waals surface area contributed by atoms with Crippen LogP contribution in [0.3, 0.4) is 0 Å². The number of carbonyl (C=O) groups excluding carboxylic acids is 1. The van der Waals surface area contributed by atoms with Crippen LogP contribution in [0.4, 0.5) is 22.2 Å². The number of nitrogens with one attached hydrogen (secondary N) is 2.